The molecule has 6 heteroatoms. The van der Waals surface area contributed by atoms with Crippen LogP contribution in [0.4, 0.5) is 4.39 Å². The highest BCUT2D eigenvalue weighted by molar-refractivity contribution is 5.70. The molecule has 1 saturated heterocycles. The second kappa shape index (κ2) is 9.58. The number of hydrogen-bond acceptors (Lipinski definition) is 4. The molecule has 4 rings (SSSR count). The Morgan fingerprint density at radius 2 is 1.93 bits per heavy atom. The van der Waals surface area contributed by atoms with Crippen LogP contribution in [-0.4, -0.2) is 54.3 Å². The summed E-state index contributed by atoms with van der Waals surface area (Å²) in [5.74, 6) is -0.466. The summed E-state index contributed by atoms with van der Waals surface area (Å²) >= 11 is 0. The summed E-state index contributed by atoms with van der Waals surface area (Å²) in [6, 6.07) is 16.3. The van der Waals surface area contributed by atoms with Gasteiger partial charge in [0.15, 0.2) is 0 Å². The molecule has 2 aromatic rings. The molecule has 2 fully saturated rings. The molecule has 0 amide bonds. The van der Waals surface area contributed by atoms with Gasteiger partial charge in [0.2, 0.25) is 0 Å². The van der Waals surface area contributed by atoms with Crippen molar-refractivity contribution in [3.8, 4) is 5.75 Å². The van der Waals surface area contributed by atoms with Gasteiger partial charge in [-0.2, -0.15) is 0 Å². The smallest absolute Gasteiger partial charge is 0.307 e. The van der Waals surface area contributed by atoms with Gasteiger partial charge >= 0.3 is 5.97 Å². The number of carbonyl (C=O) groups is 1. The number of nitrogens with zero attached hydrogens (tertiary/aromatic N) is 1. The molecule has 2 N–H and O–H groups in total. The van der Waals surface area contributed by atoms with Crippen molar-refractivity contribution in [1.29, 1.82) is 0 Å². The number of carboxylic acid groups (broad SMARTS) is 1. The van der Waals surface area contributed by atoms with Crippen LogP contribution in [0.1, 0.15) is 36.3 Å². The Morgan fingerprint density at radius 1 is 1.17 bits per heavy atom. The van der Waals surface area contributed by atoms with Crippen LogP contribution < -0.4 is 10.1 Å². The van der Waals surface area contributed by atoms with Gasteiger partial charge in [-0.3, -0.25) is 9.69 Å². The van der Waals surface area contributed by atoms with Crippen molar-refractivity contribution in [3.05, 3.63) is 65.5 Å². The second-order valence-electron chi connectivity index (χ2n) is 8.31. The molecule has 2 aromatic carbocycles. The zero-order valence-electron chi connectivity index (χ0n) is 17.1. The molecule has 1 aliphatic carbocycles. The maximum atomic E-state index is 13.9. The Kier molecular flexibility index (Phi) is 6.65. The molecule has 1 aliphatic heterocycles. The number of halogens is 1. The Bertz CT molecular complexity index is 853. The standard InChI is InChI=1S/C24H29FN2O3/c25-22-15-20(7-6-18(22)14-24(28)29)30-13-12-27-10-8-19(9-11-27)26-23-16-21(23)17-4-2-1-3-5-17/h1-7,15,19,21,23,26H,8-14,16H2,(H,28,29)/t21-,23+/m0/s1. The first-order valence-corrected chi connectivity index (χ1v) is 10.7. The molecule has 2 aliphatic rings. The van der Waals surface area contributed by atoms with Crippen LogP contribution in [0.5, 0.6) is 5.75 Å². The SMILES string of the molecule is O=C(O)Cc1ccc(OCCN2CCC(N[C@@H]3C[C@H]3c3ccccc3)CC2)cc1F. The molecule has 0 aromatic heterocycles. The van der Waals surface area contributed by atoms with Gasteiger partial charge in [0.1, 0.15) is 18.2 Å². The molecule has 30 heavy (non-hydrogen) atoms. The van der Waals surface area contributed by atoms with Gasteiger partial charge in [0.05, 0.1) is 6.42 Å². The number of piperidine rings is 1. The van der Waals surface area contributed by atoms with Crippen molar-refractivity contribution in [3.63, 3.8) is 0 Å². The lowest BCUT2D eigenvalue weighted by molar-refractivity contribution is -0.136. The van der Waals surface area contributed by atoms with E-state index in [1.807, 2.05) is 0 Å². The minimum atomic E-state index is -1.04. The van der Waals surface area contributed by atoms with E-state index < -0.39 is 11.8 Å². The summed E-state index contributed by atoms with van der Waals surface area (Å²) < 4.78 is 19.6. The monoisotopic (exact) mass is 412 g/mol. The van der Waals surface area contributed by atoms with Crippen molar-refractivity contribution in [2.45, 2.75) is 43.7 Å². The van der Waals surface area contributed by atoms with E-state index in [4.69, 9.17) is 9.84 Å². The fraction of sp³-hybridized carbons (Fsp3) is 0.458. The first kappa shape index (κ1) is 20.8. The summed E-state index contributed by atoms with van der Waals surface area (Å²) in [6.45, 7) is 3.38. The van der Waals surface area contributed by atoms with Crippen molar-refractivity contribution >= 4 is 5.97 Å². The van der Waals surface area contributed by atoms with Gasteiger partial charge in [0.25, 0.3) is 0 Å². The second-order valence-corrected chi connectivity index (χ2v) is 8.31. The van der Waals surface area contributed by atoms with Crippen LogP contribution >= 0.6 is 0 Å². The van der Waals surface area contributed by atoms with Gasteiger partial charge in [-0.1, -0.05) is 36.4 Å². The van der Waals surface area contributed by atoms with Gasteiger partial charge in [-0.05, 0) is 49.5 Å². The Morgan fingerprint density at radius 3 is 2.63 bits per heavy atom. The molecular weight excluding hydrogens is 383 g/mol. The molecule has 0 radical (unpaired) electrons. The first-order chi connectivity index (χ1) is 14.6. The van der Waals surface area contributed by atoms with E-state index in [1.54, 1.807) is 6.07 Å². The molecule has 0 unspecified atom stereocenters. The molecule has 5 nitrogen and oxygen atoms in total. The number of benzene rings is 2. The van der Waals surface area contributed by atoms with Crippen LogP contribution in [0.3, 0.4) is 0 Å². The minimum Gasteiger partial charge on any atom is -0.492 e. The topological polar surface area (TPSA) is 61.8 Å². The van der Waals surface area contributed by atoms with Gasteiger partial charge in [-0.15, -0.1) is 0 Å². The van der Waals surface area contributed by atoms with Crippen molar-refractivity contribution in [1.82, 2.24) is 10.2 Å². The Balaban J connectivity index is 1.14. The lowest BCUT2D eigenvalue weighted by Gasteiger charge is -2.32. The van der Waals surface area contributed by atoms with E-state index >= 15 is 0 Å². The van der Waals surface area contributed by atoms with Crippen LogP contribution in [0.15, 0.2) is 48.5 Å². The van der Waals surface area contributed by atoms with E-state index in [-0.39, 0.29) is 12.0 Å². The van der Waals surface area contributed by atoms with Crippen molar-refractivity contribution in [2.24, 2.45) is 0 Å². The number of hydrogen-bond donors (Lipinski definition) is 2. The fourth-order valence-corrected chi connectivity index (χ4v) is 4.29. The van der Waals surface area contributed by atoms with Gasteiger partial charge in [-0.25, -0.2) is 4.39 Å². The maximum Gasteiger partial charge on any atom is 0.307 e. The zero-order valence-corrected chi connectivity index (χ0v) is 17.1. The number of likely N-dealkylation sites (tertiary alicyclic amines) is 1. The number of rotatable bonds is 9. The number of aliphatic carboxylic acids is 1. The average Bonchev–Trinajstić information content (AvgIpc) is 3.51. The minimum absolute atomic E-state index is 0.176. The summed E-state index contributed by atoms with van der Waals surface area (Å²) in [6.07, 6.45) is 3.19. The number of nitrogens with one attached hydrogen (secondary N) is 1. The van der Waals surface area contributed by atoms with Crippen LogP contribution in [0.25, 0.3) is 0 Å². The van der Waals surface area contributed by atoms with E-state index in [0.29, 0.717) is 30.4 Å². The van der Waals surface area contributed by atoms with Crippen LogP contribution in [0.2, 0.25) is 0 Å². The molecule has 1 saturated carbocycles. The highest BCUT2D eigenvalue weighted by Gasteiger charge is 2.39. The first-order valence-electron chi connectivity index (χ1n) is 10.7. The van der Waals surface area contributed by atoms with Crippen LogP contribution in [-0.2, 0) is 11.2 Å². The lowest BCUT2D eigenvalue weighted by atomic mass is 10.0. The van der Waals surface area contributed by atoms with Crippen molar-refractivity contribution in [2.75, 3.05) is 26.2 Å². The molecule has 0 spiro atoms. The van der Waals surface area contributed by atoms with Crippen molar-refractivity contribution < 1.29 is 19.0 Å². The number of carboxylic acids is 1. The molecular formula is C24H29FN2O3. The number of ether oxygens (including phenoxy) is 1. The Hall–Kier alpha value is -2.44. The molecule has 0 bridgehead atoms. The maximum absolute atomic E-state index is 13.9. The summed E-state index contributed by atoms with van der Waals surface area (Å²) in [5, 5.41) is 12.6. The summed E-state index contributed by atoms with van der Waals surface area (Å²) in [7, 11) is 0. The van der Waals surface area contributed by atoms with Gasteiger partial charge < -0.3 is 15.2 Å². The third kappa shape index (κ3) is 5.58. The zero-order chi connectivity index (χ0) is 20.9. The normalized spacial score (nSPS) is 22.0. The molecule has 2 atom stereocenters. The fourth-order valence-electron chi connectivity index (χ4n) is 4.29. The lowest BCUT2D eigenvalue weighted by Crippen LogP contribution is -2.44. The quantitative estimate of drug-likeness (QED) is 0.661. The van der Waals surface area contributed by atoms with E-state index in [9.17, 15) is 9.18 Å². The largest absolute Gasteiger partial charge is 0.492 e. The van der Waals surface area contributed by atoms with E-state index in [2.05, 4.69) is 40.5 Å². The van der Waals surface area contributed by atoms with E-state index in [0.717, 1.165) is 32.5 Å². The highest BCUT2D eigenvalue weighted by atomic mass is 19.1. The third-order valence-electron chi connectivity index (χ3n) is 6.10. The third-order valence-corrected chi connectivity index (χ3v) is 6.10. The average molecular weight is 413 g/mol. The predicted molar refractivity (Wildman–Crippen MR) is 113 cm³/mol. The molecule has 160 valence electrons. The predicted octanol–water partition coefficient (Wildman–Crippen LogP) is 3.44. The van der Waals surface area contributed by atoms with Crippen LogP contribution in [0, 0.1) is 5.82 Å². The summed E-state index contributed by atoms with van der Waals surface area (Å²) in [4.78, 5) is 13.1. The van der Waals surface area contributed by atoms with Gasteiger partial charge in [0, 0.05) is 30.6 Å². The summed E-state index contributed by atoms with van der Waals surface area (Å²) in [5.41, 5.74) is 1.62. The van der Waals surface area contributed by atoms with E-state index in [1.165, 1.54) is 24.1 Å². The highest BCUT2D eigenvalue weighted by Crippen LogP contribution is 2.41. The Labute approximate surface area is 176 Å². The molecule has 1 heterocycles.